The Hall–Kier alpha value is -1.44. The Morgan fingerprint density at radius 2 is 1.96 bits per heavy atom. The van der Waals surface area contributed by atoms with Crippen molar-refractivity contribution in [3.8, 4) is 0 Å². The van der Waals surface area contributed by atoms with Gasteiger partial charge in [-0.05, 0) is 44.5 Å². The highest BCUT2D eigenvalue weighted by molar-refractivity contribution is 7.89. The molecule has 0 unspecified atom stereocenters. The summed E-state index contributed by atoms with van der Waals surface area (Å²) in [6.45, 7) is 6.07. The SMILES string of the molecule is CC(C)CCN1[C@@]2(CCN(C(=O)CN(C)C)C2)c2ccccc2S1(=O)=O. The van der Waals surface area contributed by atoms with Gasteiger partial charge in [-0.25, -0.2) is 8.42 Å². The lowest BCUT2D eigenvalue weighted by atomic mass is 9.88. The summed E-state index contributed by atoms with van der Waals surface area (Å²) in [7, 11) is 0.217. The molecule has 1 atom stereocenters. The zero-order valence-corrected chi connectivity index (χ0v) is 16.9. The minimum Gasteiger partial charge on any atom is -0.339 e. The quantitative estimate of drug-likeness (QED) is 0.782. The Morgan fingerprint density at radius 3 is 2.62 bits per heavy atom. The molecule has 0 N–H and O–H groups in total. The number of fused-ring (bicyclic) bond motifs is 2. The summed E-state index contributed by atoms with van der Waals surface area (Å²) < 4.78 is 28.1. The Balaban J connectivity index is 1.98. The number of hydrogen-bond acceptors (Lipinski definition) is 4. The molecule has 2 heterocycles. The number of likely N-dealkylation sites (N-methyl/N-ethyl adjacent to an activating group) is 1. The van der Waals surface area contributed by atoms with Crippen molar-refractivity contribution >= 4 is 15.9 Å². The van der Waals surface area contributed by atoms with E-state index in [0.717, 1.165) is 12.0 Å². The van der Waals surface area contributed by atoms with E-state index in [1.807, 2.05) is 36.0 Å². The van der Waals surface area contributed by atoms with Crippen molar-refractivity contribution < 1.29 is 13.2 Å². The van der Waals surface area contributed by atoms with E-state index in [0.29, 0.717) is 43.4 Å². The van der Waals surface area contributed by atoms with Crippen molar-refractivity contribution in [2.45, 2.75) is 37.1 Å². The predicted octanol–water partition coefficient (Wildman–Crippen LogP) is 1.73. The molecule has 0 bridgehead atoms. The molecule has 2 aliphatic rings. The number of benzene rings is 1. The molecule has 0 aromatic heterocycles. The minimum absolute atomic E-state index is 0.0532. The van der Waals surface area contributed by atoms with E-state index in [4.69, 9.17) is 0 Å². The molecule has 2 aliphatic heterocycles. The highest BCUT2D eigenvalue weighted by Crippen LogP contribution is 2.49. The first-order valence-electron chi connectivity index (χ1n) is 9.23. The molecule has 1 fully saturated rings. The zero-order chi connectivity index (χ0) is 19.1. The second kappa shape index (κ2) is 6.94. The van der Waals surface area contributed by atoms with Gasteiger partial charge in [0.1, 0.15) is 0 Å². The van der Waals surface area contributed by atoms with E-state index in [1.54, 1.807) is 16.4 Å². The highest BCUT2D eigenvalue weighted by atomic mass is 32.2. The van der Waals surface area contributed by atoms with Crippen molar-refractivity contribution in [3.63, 3.8) is 0 Å². The highest BCUT2D eigenvalue weighted by Gasteiger charge is 2.57. The van der Waals surface area contributed by atoms with E-state index in [1.165, 1.54) is 0 Å². The molecule has 26 heavy (non-hydrogen) atoms. The van der Waals surface area contributed by atoms with Gasteiger partial charge in [-0.1, -0.05) is 32.0 Å². The van der Waals surface area contributed by atoms with Crippen LogP contribution in [0.1, 0.15) is 32.3 Å². The van der Waals surface area contributed by atoms with Gasteiger partial charge in [-0.15, -0.1) is 0 Å². The molecule has 0 saturated carbocycles. The third-order valence-electron chi connectivity index (χ3n) is 5.40. The van der Waals surface area contributed by atoms with Crippen LogP contribution in [0.15, 0.2) is 29.2 Å². The maximum Gasteiger partial charge on any atom is 0.244 e. The number of sulfonamides is 1. The Labute approximate surface area is 156 Å². The van der Waals surface area contributed by atoms with Gasteiger partial charge in [0.2, 0.25) is 15.9 Å². The van der Waals surface area contributed by atoms with Crippen molar-refractivity contribution in [1.29, 1.82) is 0 Å². The molecule has 7 heteroatoms. The van der Waals surface area contributed by atoms with E-state index in [-0.39, 0.29) is 5.91 Å². The topological polar surface area (TPSA) is 60.9 Å². The zero-order valence-electron chi connectivity index (χ0n) is 16.1. The summed E-state index contributed by atoms with van der Waals surface area (Å²) in [5.74, 6) is 0.469. The van der Waals surface area contributed by atoms with Gasteiger partial charge in [0.15, 0.2) is 0 Å². The lowest BCUT2D eigenvalue weighted by Crippen LogP contribution is -2.47. The van der Waals surface area contributed by atoms with Crippen LogP contribution in [0, 0.1) is 5.92 Å². The van der Waals surface area contributed by atoms with Crippen LogP contribution in [-0.4, -0.2) is 68.7 Å². The molecule has 144 valence electrons. The Kier molecular flexibility index (Phi) is 5.16. The first kappa shape index (κ1) is 19.3. The lowest BCUT2D eigenvalue weighted by Gasteiger charge is -2.34. The minimum atomic E-state index is -3.52. The maximum atomic E-state index is 13.2. The number of hydrogen-bond donors (Lipinski definition) is 0. The first-order valence-corrected chi connectivity index (χ1v) is 10.7. The van der Waals surface area contributed by atoms with Crippen LogP contribution in [0.3, 0.4) is 0 Å². The fourth-order valence-electron chi connectivity index (χ4n) is 4.07. The summed E-state index contributed by atoms with van der Waals surface area (Å²) >= 11 is 0. The van der Waals surface area contributed by atoms with Gasteiger partial charge in [0.25, 0.3) is 0 Å². The van der Waals surface area contributed by atoms with Gasteiger partial charge in [-0.2, -0.15) is 4.31 Å². The predicted molar refractivity (Wildman–Crippen MR) is 101 cm³/mol. The van der Waals surface area contributed by atoms with Gasteiger partial charge in [0, 0.05) is 19.6 Å². The van der Waals surface area contributed by atoms with Gasteiger partial charge < -0.3 is 9.80 Å². The second-order valence-corrected chi connectivity index (χ2v) is 9.92. The van der Waals surface area contributed by atoms with Gasteiger partial charge in [-0.3, -0.25) is 4.79 Å². The average Bonchev–Trinajstić information content (AvgIpc) is 3.06. The summed E-state index contributed by atoms with van der Waals surface area (Å²) in [4.78, 5) is 16.6. The molecule has 0 aliphatic carbocycles. The third kappa shape index (κ3) is 3.17. The van der Waals surface area contributed by atoms with Gasteiger partial charge >= 0.3 is 0 Å². The number of likely N-dealkylation sites (tertiary alicyclic amines) is 1. The summed E-state index contributed by atoms with van der Waals surface area (Å²) in [5.41, 5.74) is 0.232. The molecule has 1 aromatic rings. The van der Waals surface area contributed by atoms with Crippen molar-refractivity contribution in [1.82, 2.24) is 14.1 Å². The van der Waals surface area contributed by atoms with Crippen LogP contribution in [0.25, 0.3) is 0 Å². The summed E-state index contributed by atoms with van der Waals surface area (Å²) in [5, 5.41) is 0. The summed E-state index contributed by atoms with van der Waals surface area (Å²) in [6.07, 6.45) is 1.46. The van der Waals surface area contributed by atoms with Crippen LogP contribution < -0.4 is 0 Å². The lowest BCUT2D eigenvalue weighted by molar-refractivity contribution is -0.131. The number of nitrogens with zero attached hydrogens (tertiary/aromatic N) is 3. The number of amides is 1. The number of carbonyl (C=O) groups is 1. The first-order chi connectivity index (χ1) is 12.2. The molecule has 0 radical (unpaired) electrons. The molecule has 1 amide bonds. The van der Waals surface area contributed by atoms with Crippen LogP contribution in [-0.2, 0) is 20.4 Å². The van der Waals surface area contributed by atoms with Gasteiger partial charge in [0.05, 0.1) is 17.0 Å². The van der Waals surface area contributed by atoms with E-state index in [9.17, 15) is 13.2 Å². The average molecular weight is 380 g/mol. The third-order valence-corrected chi connectivity index (χ3v) is 7.42. The van der Waals surface area contributed by atoms with Crippen molar-refractivity contribution in [2.24, 2.45) is 5.92 Å². The van der Waals surface area contributed by atoms with E-state index >= 15 is 0 Å². The molecular weight excluding hydrogens is 350 g/mol. The van der Waals surface area contributed by atoms with Crippen molar-refractivity contribution in [2.75, 3.05) is 40.3 Å². The maximum absolute atomic E-state index is 13.2. The normalized spacial score (nSPS) is 24.8. The smallest absolute Gasteiger partial charge is 0.244 e. The Morgan fingerprint density at radius 1 is 1.27 bits per heavy atom. The fourth-order valence-corrected chi connectivity index (χ4v) is 6.15. The molecule has 1 aromatic carbocycles. The summed E-state index contributed by atoms with van der Waals surface area (Å²) in [6, 6.07) is 7.29. The molecular formula is C19H29N3O3S. The Bertz CT molecular complexity index is 791. The standard InChI is InChI=1S/C19H29N3O3S/c1-15(2)9-11-22-19(10-12-21(14-19)18(23)13-20(3)4)16-7-5-6-8-17(16)26(22,24)25/h5-8,15H,9-14H2,1-4H3/t19-/m1/s1. The number of rotatable bonds is 5. The molecule has 6 nitrogen and oxygen atoms in total. The molecule has 3 rings (SSSR count). The van der Waals surface area contributed by atoms with E-state index < -0.39 is 15.6 Å². The molecule has 1 spiro atoms. The van der Waals surface area contributed by atoms with Crippen LogP contribution in [0.5, 0.6) is 0 Å². The fraction of sp³-hybridized carbons (Fsp3) is 0.632. The van der Waals surface area contributed by atoms with Crippen molar-refractivity contribution in [3.05, 3.63) is 29.8 Å². The largest absolute Gasteiger partial charge is 0.339 e. The van der Waals surface area contributed by atoms with Crippen LogP contribution >= 0.6 is 0 Å². The molecule has 1 saturated heterocycles. The van der Waals surface area contributed by atoms with E-state index in [2.05, 4.69) is 13.8 Å². The monoisotopic (exact) mass is 379 g/mol. The van der Waals surface area contributed by atoms with Crippen LogP contribution in [0.2, 0.25) is 0 Å². The number of carbonyl (C=O) groups excluding carboxylic acids is 1. The second-order valence-electron chi connectivity index (χ2n) is 8.09. The van der Waals surface area contributed by atoms with Crippen LogP contribution in [0.4, 0.5) is 0 Å².